The Bertz CT molecular complexity index is 1570. The van der Waals surface area contributed by atoms with Crippen molar-refractivity contribution < 1.29 is 23.9 Å². The molecule has 3 aromatic carbocycles. The van der Waals surface area contributed by atoms with Crippen LogP contribution in [0.4, 0.5) is 0 Å². The molecule has 1 aromatic heterocycles. The Morgan fingerprint density at radius 1 is 0.870 bits per heavy atom. The molecule has 2 amide bonds. The first-order chi connectivity index (χ1) is 22.5. The summed E-state index contributed by atoms with van der Waals surface area (Å²) in [6.45, 7) is 1.73. The third-order valence-electron chi connectivity index (χ3n) is 8.42. The van der Waals surface area contributed by atoms with Crippen molar-refractivity contribution in [2.24, 2.45) is 5.92 Å². The minimum absolute atomic E-state index is 0.136. The number of carbonyl (C=O) groups is 3. The lowest BCUT2D eigenvalue weighted by Gasteiger charge is -2.32. The Hall–Kier alpha value is -4.98. The van der Waals surface area contributed by atoms with Crippen LogP contribution < -0.4 is 10.1 Å². The van der Waals surface area contributed by atoms with Crippen molar-refractivity contribution in [3.8, 4) is 16.9 Å². The highest BCUT2D eigenvalue weighted by molar-refractivity contribution is 5.85. The lowest BCUT2D eigenvalue weighted by Crippen LogP contribution is -2.44. The average molecular weight is 620 g/mol. The minimum atomic E-state index is -0.785. The molecule has 4 aromatic rings. The highest BCUT2D eigenvalue weighted by Crippen LogP contribution is 2.23. The molecule has 0 saturated carbocycles. The van der Waals surface area contributed by atoms with Crippen LogP contribution in [0, 0.1) is 5.92 Å². The molecule has 2 heterocycles. The largest absolute Gasteiger partial charge is 0.489 e. The Balaban J connectivity index is 1.05. The summed E-state index contributed by atoms with van der Waals surface area (Å²) < 4.78 is 10.8. The Morgan fingerprint density at radius 3 is 2.33 bits per heavy atom. The van der Waals surface area contributed by atoms with E-state index in [4.69, 9.17) is 9.47 Å². The molecule has 8 heteroatoms. The first-order valence-electron chi connectivity index (χ1n) is 15.9. The maximum absolute atomic E-state index is 13.0. The smallest absolute Gasteiger partial charge is 0.328 e. The topological polar surface area (TPSA) is 97.8 Å². The number of rotatable bonds is 13. The number of likely N-dealkylation sites (tertiary alicyclic amines) is 1. The third kappa shape index (κ3) is 9.51. The number of hydrogen-bond donors (Lipinski definition) is 1. The van der Waals surface area contributed by atoms with E-state index in [0.29, 0.717) is 45.4 Å². The first-order valence-corrected chi connectivity index (χ1v) is 15.9. The number of hydrogen-bond acceptors (Lipinski definition) is 6. The second-order valence-electron chi connectivity index (χ2n) is 11.7. The van der Waals surface area contributed by atoms with Gasteiger partial charge in [0, 0.05) is 44.7 Å². The first kappa shape index (κ1) is 32.4. The van der Waals surface area contributed by atoms with Crippen LogP contribution >= 0.6 is 0 Å². The van der Waals surface area contributed by atoms with Crippen LogP contribution in [0.3, 0.4) is 0 Å². The van der Waals surface area contributed by atoms with Crippen LogP contribution in [0.15, 0.2) is 103 Å². The maximum Gasteiger partial charge on any atom is 0.328 e. The van der Waals surface area contributed by atoms with Gasteiger partial charge in [0.2, 0.25) is 11.8 Å². The number of amides is 2. The highest BCUT2D eigenvalue weighted by Gasteiger charge is 2.27. The summed E-state index contributed by atoms with van der Waals surface area (Å²) in [6, 6.07) is 28.8. The monoisotopic (exact) mass is 619 g/mol. The van der Waals surface area contributed by atoms with Gasteiger partial charge in [-0.25, -0.2) is 4.79 Å². The summed E-state index contributed by atoms with van der Waals surface area (Å²) in [7, 11) is 1.33. The van der Waals surface area contributed by atoms with Gasteiger partial charge in [-0.15, -0.1) is 0 Å². The molecule has 0 bridgehead atoms. The minimum Gasteiger partial charge on any atom is -0.489 e. The van der Waals surface area contributed by atoms with Gasteiger partial charge in [0.1, 0.15) is 18.4 Å². The molecule has 1 fully saturated rings. The third-order valence-corrected chi connectivity index (χ3v) is 8.42. The predicted octanol–water partition coefficient (Wildman–Crippen LogP) is 5.79. The summed E-state index contributed by atoms with van der Waals surface area (Å²) in [6.07, 6.45) is 6.85. The summed E-state index contributed by atoms with van der Waals surface area (Å²) in [5.41, 5.74) is 5.23. The number of nitrogens with one attached hydrogen (secondary N) is 1. The molecule has 1 atom stereocenters. The number of aromatic nitrogens is 1. The molecule has 0 unspecified atom stereocenters. The average Bonchev–Trinajstić information content (AvgIpc) is 3.11. The summed E-state index contributed by atoms with van der Waals surface area (Å²) in [4.78, 5) is 44.6. The van der Waals surface area contributed by atoms with Gasteiger partial charge in [-0.05, 0) is 71.2 Å². The van der Waals surface area contributed by atoms with Crippen molar-refractivity contribution in [1.29, 1.82) is 0 Å². The van der Waals surface area contributed by atoms with E-state index in [0.717, 1.165) is 46.4 Å². The summed E-state index contributed by atoms with van der Waals surface area (Å²) in [5.74, 6) is 0.350. The van der Waals surface area contributed by atoms with Crippen LogP contribution in [-0.4, -0.2) is 53.9 Å². The molecule has 46 heavy (non-hydrogen) atoms. The zero-order valence-electron chi connectivity index (χ0n) is 26.3. The molecule has 0 spiro atoms. The Labute approximate surface area is 270 Å². The molecule has 1 aliphatic heterocycles. The number of carbonyl (C=O) groups excluding carboxylic acids is 3. The zero-order chi connectivity index (χ0) is 32.1. The fourth-order valence-corrected chi connectivity index (χ4v) is 5.79. The quantitative estimate of drug-likeness (QED) is 0.190. The molecular weight excluding hydrogens is 578 g/mol. The van der Waals surface area contributed by atoms with Crippen molar-refractivity contribution in [2.45, 2.75) is 51.2 Å². The number of piperidine rings is 1. The van der Waals surface area contributed by atoms with E-state index in [1.165, 1.54) is 7.11 Å². The second-order valence-corrected chi connectivity index (χ2v) is 11.7. The van der Waals surface area contributed by atoms with E-state index in [-0.39, 0.29) is 17.7 Å². The van der Waals surface area contributed by atoms with E-state index < -0.39 is 12.0 Å². The van der Waals surface area contributed by atoms with Gasteiger partial charge in [0.15, 0.2) is 0 Å². The van der Waals surface area contributed by atoms with Gasteiger partial charge in [-0.3, -0.25) is 14.6 Å². The summed E-state index contributed by atoms with van der Waals surface area (Å²) in [5, 5.41) is 2.88. The molecule has 238 valence electrons. The van der Waals surface area contributed by atoms with E-state index >= 15 is 0 Å². The number of methoxy groups -OCH3 is 1. The normalized spacial score (nSPS) is 13.9. The van der Waals surface area contributed by atoms with Gasteiger partial charge in [-0.2, -0.15) is 0 Å². The van der Waals surface area contributed by atoms with Crippen LogP contribution in [0.5, 0.6) is 5.75 Å². The number of pyridine rings is 1. The van der Waals surface area contributed by atoms with Crippen LogP contribution in [0.1, 0.15) is 42.4 Å². The van der Waals surface area contributed by atoms with Crippen LogP contribution in [0.2, 0.25) is 0 Å². The zero-order valence-corrected chi connectivity index (χ0v) is 26.3. The van der Waals surface area contributed by atoms with Crippen molar-refractivity contribution in [2.75, 3.05) is 20.2 Å². The molecular formula is C38H41N3O5. The molecule has 1 N–H and O–H groups in total. The standard InChI is InChI=1S/C38H41N3O5/c1-45-38(44)35(24-29-12-15-34(16-13-29)46-27-31-7-3-2-4-8-31)40-36(42)25-30-18-21-41(22-19-30)37(43)17-14-28-9-5-10-32(23-28)33-11-6-20-39-26-33/h2-13,15-16,20,23,26,30,35H,14,17-19,21-22,24-25,27H2,1H3,(H,40,42)/t35-/m0/s1. The number of nitrogens with zero attached hydrogens (tertiary/aromatic N) is 2. The number of benzene rings is 3. The lowest BCUT2D eigenvalue weighted by atomic mass is 9.92. The Morgan fingerprint density at radius 2 is 1.61 bits per heavy atom. The van der Waals surface area contributed by atoms with E-state index in [1.807, 2.05) is 83.9 Å². The predicted molar refractivity (Wildman–Crippen MR) is 177 cm³/mol. The number of ether oxygens (including phenoxy) is 2. The van der Waals surface area contributed by atoms with Crippen molar-refractivity contribution in [3.05, 3.63) is 120 Å². The van der Waals surface area contributed by atoms with Gasteiger partial charge < -0.3 is 19.7 Å². The second kappa shape index (κ2) is 16.4. The number of aryl methyl sites for hydroxylation is 1. The fraction of sp³-hybridized carbons (Fsp3) is 0.316. The molecule has 1 aliphatic rings. The van der Waals surface area contributed by atoms with Crippen molar-refractivity contribution >= 4 is 17.8 Å². The van der Waals surface area contributed by atoms with E-state index in [9.17, 15) is 14.4 Å². The van der Waals surface area contributed by atoms with Gasteiger partial charge in [0.25, 0.3) is 0 Å². The van der Waals surface area contributed by atoms with Gasteiger partial charge >= 0.3 is 5.97 Å². The number of esters is 1. The molecule has 0 aliphatic carbocycles. The van der Waals surface area contributed by atoms with Crippen molar-refractivity contribution in [3.63, 3.8) is 0 Å². The van der Waals surface area contributed by atoms with Gasteiger partial charge in [-0.1, -0.05) is 72.8 Å². The molecule has 0 radical (unpaired) electrons. The fourth-order valence-electron chi connectivity index (χ4n) is 5.79. The van der Waals surface area contributed by atoms with Gasteiger partial charge in [0.05, 0.1) is 7.11 Å². The van der Waals surface area contributed by atoms with Crippen molar-refractivity contribution in [1.82, 2.24) is 15.2 Å². The van der Waals surface area contributed by atoms with E-state index in [1.54, 1.807) is 6.20 Å². The Kier molecular flexibility index (Phi) is 11.5. The lowest BCUT2D eigenvalue weighted by molar-refractivity contribution is -0.145. The van der Waals surface area contributed by atoms with Crippen LogP contribution in [-0.2, 0) is 38.6 Å². The molecule has 1 saturated heterocycles. The highest BCUT2D eigenvalue weighted by atomic mass is 16.5. The maximum atomic E-state index is 13.0. The SMILES string of the molecule is COC(=O)[C@H](Cc1ccc(OCc2ccccc2)cc1)NC(=O)CC1CCN(C(=O)CCc2cccc(-c3cccnc3)c2)CC1. The van der Waals surface area contributed by atoms with Crippen LogP contribution in [0.25, 0.3) is 11.1 Å². The van der Waals surface area contributed by atoms with E-state index in [2.05, 4.69) is 28.5 Å². The molecule has 8 nitrogen and oxygen atoms in total. The summed E-state index contributed by atoms with van der Waals surface area (Å²) >= 11 is 0. The molecule has 5 rings (SSSR count).